The number of nitrogens with one attached hydrogen (secondary N) is 3. The molecule has 0 aliphatic rings. The van der Waals surface area contributed by atoms with Crippen LogP contribution in [0.2, 0.25) is 0 Å². The number of aryl methyl sites for hydroxylation is 2. The summed E-state index contributed by atoms with van der Waals surface area (Å²) in [7, 11) is 3.07. The number of amides is 1. The van der Waals surface area contributed by atoms with Crippen molar-refractivity contribution >= 4 is 53.1 Å². The summed E-state index contributed by atoms with van der Waals surface area (Å²) in [5.41, 5.74) is 2.83. The lowest BCUT2D eigenvalue weighted by Gasteiger charge is -2.11. The SMILES string of the molecule is CN=C(NCc1ccc(NC(=O)OC)cc1)NCc1nc(C)c(C)s1.I. The van der Waals surface area contributed by atoms with Crippen LogP contribution >= 0.6 is 35.3 Å². The summed E-state index contributed by atoms with van der Waals surface area (Å²) in [5.74, 6) is 0.710. The number of guanidine groups is 1. The summed E-state index contributed by atoms with van der Waals surface area (Å²) in [5, 5.41) is 10.2. The summed E-state index contributed by atoms with van der Waals surface area (Å²) in [6, 6.07) is 7.51. The second kappa shape index (κ2) is 11.0. The Morgan fingerprint density at radius 1 is 1.19 bits per heavy atom. The number of nitrogens with zero attached hydrogens (tertiary/aromatic N) is 2. The van der Waals surface area contributed by atoms with Gasteiger partial charge in [0.25, 0.3) is 0 Å². The predicted octanol–water partition coefficient (Wildman–Crippen LogP) is 3.42. The van der Waals surface area contributed by atoms with E-state index in [1.54, 1.807) is 18.4 Å². The van der Waals surface area contributed by atoms with E-state index in [1.165, 1.54) is 12.0 Å². The third kappa shape index (κ3) is 6.79. The van der Waals surface area contributed by atoms with Gasteiger partial charge in [-0.1, -0.05) is 12.1 Å². The van der Waals surface area contributed by atoms with Crippen LogP contribution in [0.15, 0.2) is 29.3 Å². The van der Waals surface area contributed by atoms with Crippen LogP contribution in [0.1, 0.15) is 21.1 Å². The number of methoxy groups -OCH3 is 1. The molecule has 9 heteroatoms. The zero-order valence-corrected chi connectivity index (χ0v) is 18.4. The molecule has 0 saturated carbocycles. The molecule has 1 aromatic carbocycles. The first-order chi connectivity index (χ1) is 12.0. The molecular weight excluding hydrogens is 465 g/mol. The van der Waals surface area contributed by atoms with Gasteiger partial charge in [0.05, 0.1) is 19.3 Å². The molecule has 0 unspecified atom stereocenters. The number of aromatic nitrogens is 1. The topological polar surface area (TPSA) is 87.6 Å². The van der Waals surface area contributed by atoms with Gasteiger partial charge in [-0.2, -0.15) is 0 Å². The number of benzene rings is 1. The molecule has 0 aliphatic carbocycles. The smallest absolute Gasteiger partial charge is 0.411 e. The van der Waals surface area contributed by atoms with Gasteiger partial charge in [0.15, 0.2) is 5.96 Å². The van der Waals surface area contributed by atoms with Crippen molar-refractivity contribution in [2.45, 2.75) is 26.9 Å². The van der Waals surface area contributed by atoms with Gasteiger partial charge in [0.1, 0.15) is 5.01 Å². The van der Waals surface area contributed by atoms with Gasteiger partial charge in [-0.25, -0.2) is 9.78 Å². The van der Waals surface area contributed by atoms with Gasteiger partial charge in [-0.15, -0.1) is 35.3 Å². The molecule has 3 N–H and O–H groups in total. The highest BCUT2D eigenvalue weighted by molar-refractivity contribution is 14.0. The molecule has 26 heavy (non-hydrogen) atoms. The van der Waals surface area contributed by atoms with E-state index >= 15 is 0 Å². The first kappa shape index (κ1) is 22.2. The summed E-state index contributed by atoms with van der Waals surface area (Å²) in [6.07, 6.45) is -0.483. The van der Waals surface area contributed by atoms with Crippen LogP contribution in [-0.4, -0.2) is 31.2 Å². The molecular formula is C17H24IN5O2S. The Balaban J connectivity index is 0.00000338. The van der Waals surface area contributed by atoms with Crippen molar-refractivity contribution in [3.63, 3.8) is 0 Å². The molecule has 7 nitrogen and oxygen atoms in total. The number of hydrogen-bond acceptors (Lipinski definition) is 5. The van der Waals surface area contributed by atoms with Crippen LogP contribution in [-0.2, 0) is 17.8 Å². The molecule has 2 aromatic rings. The van der Waals surface area contributed by atoms with E-state index in [9.17, 15) is 4.79 Å². The van der Waals surface area contributed by atoms with E-state index in [1.807, 2.05) is 31.2 Å². The number of anilines is 1. The van der Waals surface area contributed by atoms with E-state index in [4.69, 9.17) is 0 Å². The molecule has 1 heterocycles. The summed E-state index contributed by atoms with van der Waals surface area (Å²) >= 11 is 1.69. The van der Waals surface area contributed by atoms with Crippen LogP contribution < -0.4 is 16.0 Å². The zero-order valence-electron chi connectivity index (χ0n) is 15.3. The van der Waals surface area contributed by atoms with E-state index in [0.717, 1.165) is 16.3 Å². The Bertz CT molecular complexity index is 727. The maximum absolute atomic E-state index is 11.2. The van der Waals surface area contributed by atoms with Crippen LogP contribution in [0, 0.1) is 13.8 Å². The maximum Gasteiger partial charge on any atom is 0.411 e. The Kier molecular flexibility index (Phi) is 9.35. The second-order valence-electron chi connectivity index (χ2n) is 5.34. The quantitative estimate of drug-likeness (QED) is 0.341. The first-order valence-electron chi connectivity index (χ1n) is 7.83. The second-order valence-corrected chi connectivity index (χ2v) is 6.63. The standard InChI is InChI=1S/C17H23N5O2S.HI/c1-11-12(2)25-15(21-11)10-20-16(18-3)19-9-13-5-7-14(8-6-13)22-17(23)24-4;/h5-8H,9-10H2,1-4H3,(H,22,23)(H2,18,19,20);1H. The van der Waals surface area contributed by atoms with Crippen molar-refractivity contribution in [3.05, 3.63) is 45.4 Å². The van der Waals surface area contributed by atoms with Crippen LogP contribution in [0.3, 0.4) is 0 Å². The van der Waals surface area contributed by atoms with E-state index in [-0.39, 0.29) is 24.0 Å². The Morgan fingerprint density at radius 2 is 1.85 bits per heavy atom. The number of rotatable bonds is 5. The molecule has 0 bridgehead atoms. The monoisotopic (exact) mass is 489 g/mol. The third-order valence-electron chi connectivity index (χ3n) is 3.55. The van der Waals surface area contributed by atoms with Crippen molar-refractivity contribution in [2.24, 2.45) is 4.99 Å². The number of ether oxygens (including phenoxy) is 1. The lowest BCUT2D eigenvalue weighted by Crippen LogP contribution is -2.36. The number of carbonyl (C=O) groups excluding carboxylic acids is 1. The van der Waals surface area contributed by atoms with Crippen LogP contribution in [0.5, 0.6) is 0 Å². The highest BCUT2D eigenvalue weighted by Gasteiger charge is 2.05. The van der Waals surface area contributed by atoms with Crippen molar-refractivity contribution < 1.29 is 9.53 Å². The summed E-state index contributed by atoms with van der Waals surface area (Å²) < 4.78 is 4.56. The normalized spacial score (nSPS) is 10.7. The van der Waals surface area contributed by atoms with Crippen LogP contribution in [0.4, 0.5) is 10.5 Å². The highest BCUT2D eigenvalue weighted by Crippen LogP contribution is 2.15. The third-order valence-corrected chi connectivity index (χ3v) is 4.62. The fraction of sp³-hybridized carbons (Fsp3) is 0.353. The van der Waals surface area contributed by atoms with Gasteiger partial charge in [-0.05, 0) is 31.5 Å². The van der Waals surface area contributed by atoms with E-state index in [0.29, 0.717) is 24.7 Å². The van der Waals surface area contributed by atoms with Gasteiger partial charge in [0, 0.05) is 24.2 Å². The minimum atomic E-state index is -0.483. The van der Waals surface area contributed by atoms with Gasteiger partial charge < -0.3 is 15.4 Å². The number of halogens is 1. The van der Waals surface area contributed by atoms with E-state index < -0.39 is 6.09 Å². The van der Waals surface area contributed by atoms with Gasteiger partial charge in [0.2, 0.25) is 0 Å². The molecule has 0 aliphatic heterocycles. The molecule has 1 aromatic heterocycles. The Morgan fingerprint density at radius 3 is 2.38 bits per heavy atom. The van der Waals surface area contributed by atoms with Crippen molar-refractivity contribution in [1.29, 1.82) is 0 Å². The number of thiazole rings is 1. The minimum Gasteiger partial charge on any atom is -0.453 e. The predicted molar refractivity (Wildman–Crippen MR) is 117 cm³/mol. The highest BCUT2D eigenvalue weighted by atomic mass is 127. The van der Waals surface area contributed by atoms with Crippen molar-refractivity contribution in [3.8, 4) is 0 Å². The fourth-order valence-corrected chi connectivity index (χ4v) is 2.93. The molecule has 142 valence electrons. The molecule has 0 spiro atoms. The lowest BCUT2D eigenvalue weighted by atomic mass is 10.2. The van der Waals surface area contributed by atoms with Crippen LogP contribution in [0.25, 0.3) is 0 Å². The molecule has 0 atom stereocenters. The summed E-state index contributed by atoms with van der Waals surface area (Å²) in [6.45, 7) is 5.35. The molecule has 0 radical (unpaired) electrons. The largest absolute Gasteiger partial charge is 0.453 e. The maximum atomic E-state index is 11.2. The van der Waals surface area contributed by atoms with E-state index in [2.05, 4.69) is 37.6 Å². The van der Waals surface area contributed by atoms with Gasteiger partial charge in [-0.3, -0.25) is 10.3 Å². The first-order valence-corrected chi connectivity index (χ1v) is 8.64. The van der Waals surface area contributed by atoms with Crippen molar-refractivity contribution in [2.75, 3.05) is 19.5 Å². The average Bonchev–Trinajstić information content (AvgIpc) is 2.94. The lowest BCUT2D eigenvalue weighted by molar-refractivity contribution is 0.187. The van der Waals surface area contributed by atoms with Crippen molar-refractivity contribution in [1.82, 2.24) is 15.6 Å². The number of carbonyl (C=O) groups is 1. The number of aliphatic imine (C=N–C) groups is 1. The fourth-order valence-electron chi connectivity index (χ4n) is 2.06. The molecule has 1 amide bonds. The summed E-state index contributed by atoms with van der Waals surface area (Å²) in [4.78, 5) is 21.1. The van der Waals surface area contributed by atoms with Gasteiger partial charge >= 0.3 is 6.09 Å². The zero-order chi connectivity index (χ0) is 18.2. The average molecular weight is 489 g/mol. The molecule has 0 fully saturated rings. The minimum absolute atomic E-state index is 0. The number of hydrogen-bond donors (Lipinski definition) is 3. The Labute approximate surface area is 174 Å². The molecule has 2 rings (SSSR count). The Hall–Kier alpha value is -1.88. The molecule has 0 saturated heterocycles.